The summed E-state index contributed by atoms with van der Waals surface area (Å²) >= 11 is 0. The van der Waals surface area contributed by atoms with Gasteiger partial charge >= 0.3 is 7.32 Å². The Morgan fingerprint density at radius 3 is 1.83 bits per heavy atom. The number of rotatable bonds is 13. The summed E-state index contributed by atoms with van der Waals surface area (Å²) in [6.07, 6.45) is 11.2. The topological polar surface area (TPSA) is 104 Å². The number of aliphatic hydroxyl groups excluding tert-OH is 2. The van der Waals surface area contributed by atoms with Crippen LogP contribution in [-0.4, -0.2) is 72.0 Å². The highest BCUT2D eigenvalue weighted by Gasteiger charge is 2.19. The van der Waals surface area contributed by atoms with Crippen molar-refractivity contribution in [2.24, 2.45) is 0 Å². The Labute approximate surface area is 142 Å². The van der Waals surface area contributed by atoms with Crippen molar-refractivity contribution in [3.63, 3.8) is 0 Å². The van der Waals surface area contributed by atoms with Gasteiger partial charge in [0.05, 0.1) is 20.7 Å². The Morgan fingerprint density at radius 1 is 0.957 bits per heavy atom. The van der Waals surface area contributed by atoms with E-state index in [1.165, 1.54) is 44.9 Å². The minimum Gasteiger partial charge on any atom is -0.832 e. The first-order valence-electron chi connectivity index (χ1n) is 8.88. The highest BCUT2D eigenvalue weighted by Crippen LogP contribution is 2.12. The first-order valence-corrected chi connectivity index (χ1v) is 8.88. The van der Waals surface area contributed by atoms with Crippen LogP contribution >= 0.6 is 0 Å². The summed E-state index contributed by atoms with van der Waals surface area (Å²) in [5, 5.41) is 41.7. The van der Waals surface area contributed by atoms with Gasteiger partial charge in [0, 0.05) is 0 Å². The summed E-state index contributed by atoms with van der Waals surface area (Å²) in [5.74, 6) is 0. The third-order valence-electron chi connectivity index (χ3n) is 3.80. The van der Waals surface area contributed by atoms with Gasteiger partial charge in [-0.1, -0.05) is 58.3 Å². The fourth-order valence-corrected chi connectivity index (χ4v) is 2.54. The van der Waals surface area contributed by atoms with E-state index in [1.54, 1.807) is 0 Å². The third-order valence-corrected chi connectivity index (χ3v) is 3.80. The van der Waals surface area contributed by atoms with Crippen LogP contribution in [0.1, 0.15) is 64.7 Å². The highest BCUT2D eigenvalue weighted by atomic mass is 16.5. The minimum absolute atomic E-state index is 0.192. The Morgan fingerprint density at radius 2 is 1.39 bits per heavy atom. The predicted molar refractivity (Wildman–Crippen MR) is 92.4 cm³/mol. The zero-order valence-electron chi connectivity index (χ0n) is 15.3. The number of hydrogen-bond acceptors (Lipinski definition) is 5. The molecule has 0 spiro atoms. The number of unbranched alkanes of at least 4 members (excludes halogenated alkanes) is 7. The maximum absolute atomic E-state index is 9.99. The van der Waals surface area contributed by atoms with Crippen LogP contribution in [0.2, 0.25) is 0 Å². The molecule has 0 aliphatic heterocycles. The van der Waals surface area contributed by atoms with Gasteiger partial charge in [0.25, 0.3) is 0 Å². The second-order valence-corrected chi connectivity index (χ2v) is 6.81. The molecule has 0 aromatic heterocycles. The fourth-order valence-electron chi connectivity index (χ4n) is 2.54. The first-order chi connectivity index (χ1) is 10.7. The van der Waals surface area contributed by atoms with Gasteiger partial charge < -0.3 is 29.8 Å². The smallest absolute Gasteiger partial charge is 0.339 e. The van der Waals surface area contributed by atoms with Gasteiger partial charge in [-0.05, 0) is 6.42 Å². The SMILES string of the molecule is CCCCCCCCCCC(O)C[N+](C)(C)CCO.[O-]B(O)O. The number of nitrogens with zero attached hydrogens (tertiary/aromatic N) is 1. The van der Waals surface area contributed by atoms with E-state index in [2.05, 4.69) is 21.0 Å². The standard InChI is InChI=1S/C16H36NO2.BH2O3/c1-4-5-6-7-8-9-10-11-12-16(19)15-17(2,3)13-14-18;2-1(3)4/h16,18-19H,4-15H2,1-3H3;2-3H/q+1;-1. The Balaban J connectivity index is 0. The average Bonchev–Trinajstić information content (AvgIpc) is 2.40. The third kappa shape index (κ3) is 24.2. The van der Waals surface area contributed by atoms with E-state index in [4.69, 9.17) is 20.2 Å². The molecule has 4 N–H and O–H groups in total. The Kier molecular flexibility index (Phi) is 18.2. The van der Waals surface area contributed by atoms with Crippen LogP contribution in [0.5, 0.6) is 0 Å². The summed E-state index contributed by atoms with van der Waals surface area (Å²) in [6.45, 7) is 3.90. The van der Waals surface area contributed by atoms with Gasteiger partial charge in [0.1, 0.15) is 19.2 Å². The molecule has 0 aromatic carbocycles. The molecule has 0 saturated carbocycles. The molecular weight excluding hydrogens is 297 g/mol. The molecule has 0 aliphatic rings. The van der Waals surface area contributed by atoms with Crippen molar-refractivity contribution in [2.75, 3.05) is 33.8 Å². The van der Waals surface area contributed by atoms with Crippen LogP contribution in [0.4, 0.5) is 0 Å². The molecule has 0 amide bonds. The maximum atomic E-state index is 9.99. The van der Waals surface area contributed by atoms with E-state index in [1.807, 2.05) is 0 Å². The van der Waals surface area contributed by atoms with E-state index in [9.17, 15) is 5.11 Å². The molecule has 140 valence electrons. The summed E-state index contributed by atoms with van der Waals surface area (Å²) in [4.78, 5) is 0. The monoisotopic (exact) mass is 335 g/mol. The summed E-state index contributed by atoms with van der Waals surface area (Å²) in [5.41, 5.74) is 0. The van der Waals surface area contributed by atoms with Gasteiger partial charge in [-0.3, -0.25) is 0 Å². The van der Waals surface area contributed by atoms with Crippen LogP contribution in [0, 0.1) is 0 Å². The van der Waals surface area contributed by atoms with Crippen molar-refractivity contribution < 1.29 is 29.8 Å². The largest absolute Gasteiger partial charge is 0.832 e. The van der Waals surface area contributed by atoms with E-state index in [-0.39, 0.29) is 12.7 Å². The predicted octanol–water partition coefficient (Wildman–Crippen LogP) is 0.263. The molecule has 1 unspecified atom stereocenters. The summed E-state index contributed by atoms with van der Waals surface area (Å²) < 4.78 is 0.703. The second-order valence-electron chi connectivity index (χ2n) is 6.81. The maximum Gasteiger partial charge on any atom is 0.339 e. The van der Waals surface area contributed by atoms with Crippen LogP contribution in [0.15, 0.2) is 0 Å². The molecule has 7 heteroatoms. The van der Waals surface area contributed by atoms with E-state index >= 15 is 0 Å². The lowest BCUT2D eigenvalue weighted by Crippen LogP contribution is -2.47. The number of aliphatic hydroxyl groups is 2. The van der Waals surface area contributed by atoms with Gasteiger partial charge in [0.2, 0.25) is 0 Å². The van der Waals surface area contributed by atoms with Crippen molar-refractivity contribution in [3.05, 3.63) is 0 Å². The van der Waals surface area contributed by atoms with Gasteiger partial charge in [0.15, 0.2) is 0 Å². The lowest BCUT2D eigenvalue weighted by Gasteiger charge is -2.31. The van der Waals surface area contributed by atoms with Gasteiger partial charge in [-0.15, -0.1) is 0 Å². The number of quaternary nitrogens is 1. The van der Waals surface area contributed by atoms with Gasteiger partial charge in [-0.25, -0.2) is 0 Å². The molecule has 1 atom stereocenters. The molecule has 0 saturated heterocycles. The number of likely N-dealkylation sites (N-methyl/N-ethyl adjacent to an activating group) is 1. The Bertz CT molecular complexity index is 240. The minimum atomic E-state index is -2.42. The normalized spacial score (nSPS) is 12.5. The molecule has 0 aromatic rings. The van der Waals surface area contributed by atoms with E-state index < -0.39 is 7.32 Å². The lowest BCUT2D eigenvalue weighted by molar-refractivity contribution is -0.893. The molecule has 0 bridgehead atoms. The first kappa shape index (κ1) is 25.1. The van der Waals surface area contributed by atoms with Crippen molar-refractivity contribution in [2.45, 2.75) is 70.8 Å². The molecule has 0 fully saturated rings. The van der Waals surface area contributed by atoms with Crippen molar-refractivity contribution in [3.8, 4) is 0 Å². The molecule has 0 heterocycles. The zero-order chi connectivity index (χ0) is 18.1. The average molecular weight is 335 g/mol. The van der Waals surface area contributed by atoms with Crippen LogP contribution in [0.3, 0.4) is 0 Å². The molecule has 0 rings (SSSR count). The van der Waals surface area contributed by atoms with Crippen LogP contribution < -0.4 is 5.02 Å². The number of hydrogen-bond donors (Lipinski definition) is 4. The molecule has 23 heavy (non-hydrogen) atoms. The quantitative estimate of drug-likeness (QED) is 0.220. The van der Waals surface area contributed by atoms with Crippen LogP contribution in [0.25, 0.3) is 0 Å². The van der Waals surface area contributed by atoms with E-state index in [0.717, 1.165) is 19.4 Å². The summed E-state index contributed by atoms with van der Waals surface area (Å²) in [7, 11) is 1.71. The van der Waals surface area contributed by atoms with Crippen LogP contribution in [-0.2, 0) is 0 Å². The van der Waals surface area contributed by atoms with Crippen molar-refractivity contribution in [1.29, 1.82) is 0 Å². The van der Waals surface area contributed by atoms with Gasteiger partial charge in [-0.2, -0.15) is 0 Å². The molecular formula is C16H38BNO5. The molecule has 0 radical (unpaired) electrons. The highest BCUT2D eigenvalue weighted by molar-refractivity contribution is 6.28. The van der Waals surface area contributed by atoms with Crippen molar-refractivity contribution in [1.82, 2.24) is 0 Å². The van der Waals surface area contributed by atoms with E-state index in [0.29, 0.717) is 11.0 Å². The Hall–Kier alpha value is -0.175. The summed E-state index contributed by atoms with van der Waals surface area (Å²) in [6, 6.07) is 0. The zero-order valence-corrected chi connectivity index (χ0v) is 15.3. The second kappa shape index (κ2) is 16.7. The molecule has 0 aliphatic carbocycles. The lowest BCUT2D eigenvalue weighted by atomic mass is 10.1. The van der Waals surface area contributed by atoms with Crippen molar-refractivity contribution >= 4 is 7.32 Å². The fraction of sp³-hybridized carbons (Fsp3) is 1.00. The molecule has 6 nitrogen and oxygen atoms in total.